The van der Waals surface area contributed by atoms with E-state index in [2.05, 4.69) is 42.5 Å². The monoisotopic (exact) mass is 990 g/mol. The van der Waals surface area contributed by atoms with Crippen LogP contribution in [0, 0.1) is 11.8 Å². The van der Waals surface area contributed by atoms with Crippen molar-refractivity contribution in [3.8, 4) is 0 Å². The van der Waals surface area contributed by atoms with Crippen LogP contribution in [0.2, 0.25) is 0 Å². The normalized spacial score (nSPS) is 15.0. The summed E-state index contributed by atoms with van der Waals surface area (Å²) in [6.07, 6.45) is -2.78. The Hall–Kier alpha value is -6.52. The van der Waals surface area contributed by atoms with Gasteiger partial charge in [-0.3, -0.25) is 57.5 Å². The van der Waals surface area contributed by atoms with Gasteiger partial charge in [-0.1, -0.05) is 27.7 Å². The molecule has 0 aromatic rings. The van der Waals surface area contributed by atoms with Gasteiger partial charge in [0.2, 0.25) is 53.2 Å². The molecule has 28 nitrogen and oxygen atoms in total. The molecule has 0 saturated carbocycles. The molecule has 0 fully saturated rings. The van der Waals surface area contributed by atoms with Gasteiger partial charge in [0.1, 0.15) is 48.8 Å². The van der Waals surface area contributed by atoms with Crippen LogP contribution in [0.15, 0.2) is 0 Å². The minimum absolute atomic E-state index is 0.0356. The second-order valence-corrected chi connectivity index (χ2v) is 17.0. The van der Waals surface area contributed by atoms with Gasteiger partial charge in [0.05, 0.1) is 31.7 Å². The summed E-state index contributed by atoms with van der Waals surface area (Å²) in [6.45, 7) is 6.89. The molecule has 0 rings (SSSR count). The number of aliphatic hydroxyl groups is 2. The molecule has 0 aliphatic rings. The zero-order valence-corrected chi connectivity index (χ0v) is 39.6. The molecule has 0 aromatic heterocycles. The van der Waals surface area contributed by atoms with Crippen molar-refractivity contribution in [3.63, 3.8) is 0 Å². The Morgan fingerprint density at radius 3 is 1.52 bits per heavy atom. The van der Waals surface area contributed by atoms with Crippen molar-refractivity contribution < 1.29 is 83.1 Å². The van der Waals surface area contributed by atoms with E-state index in [9.17, 15) is 78.0 Å². The van der Waals surface area contributed by atoms with Crippen molar-refractivity contribution in [1.29, 1.82) is 0 Å². The zero-order chi connectivity index (χ0) is 53.1. The van der Waals surface area contributed by atoms with Gasteiger partial charge in [0.25, 0.3) is 0 Å². The van der Waals surface area contributed by atoms with Crippen molar-refractivity contribution in [2.45, 2.75) is 147 Å². The standard InChI is InChI=1S/C41H71N11O17/c1-19(2)13-23(43)35(63)52-33(22(6)54)41(69)44-16-29(55)47-24(9-7-8-12-42)38(66)51-28(18-53)40(68)50-26(14-20(3)4)39(67)48-25(10-11-30(56)57)37(65)46-21(5)34(62)49-27(15-31(58)59)36(64)45-17-32(60)61/h19-28,33,53-54H,7-18,42-43H2,1-6H3,(H,44,69)(H,45,64)(H,46,65)(H,47,55)(H,48,67)(H,49,62)(H,50,68)(H,51,66)(H,52,63)(H,56,57)(H,58,59)(H,60,61)/t21-,22+,23-,24-,25-,26-,27-,28-,33-/m0/s1. The van der Waals surface area contributed by atoms with Crippen LogP contribution in [-0.2, 0) is 57.5 Å². The average molecular weight is 990 g/mol. The first-order valence-corrected chi connectivity index (χ1v) is 22.2. The third-order valence-corrected chi connectivity index (χ3v) is 9.76. The van der Waals surface area contributed by atoms with Gasteiger partial charge >= 0.3 is 17.9 Å². The van der Waals surface area contributed by atoms with Crippen LogP contribution in [0.3, 0.4) is 0 Å². The van der Waals surface area contributed by atoms with Gasteiger partial charge in [-0.25, -0.2) is 0 Å². The maximum absolute atomic E-state index is 13.7. The molecule has 9 atom stereocenters. The molecule has 9 amide bonds. The largest absolute Gasteiger partial charge is 0.481 e. The summed E-state index contributed by atoms with van der Waals surface area (Å²) in [5, 5.41) is 67.9. The number of carbonyl (C=O) groups excluding carboxylic acids is 9. The number of aliphatic hydroxyl groups excluding tert-OH is 2. The topological polar surface area (TPSA) is 466 Å². The van der Waals surface area contributed by atoms with E-state index in [1.165, 1.54) is 6.92 Å². The Morgan fingerprint density at radius 1 is 0.493 bits per heavy atom. The number of nitrogens with one attached hydrogen (secondary N) is 9. The fraction of sp³-hybridized carbons (Fsp3) is 0.707. The van der Waals surface area contributed by atoms with Crippen LogP contribution in [-0.4, -0.2) is 177 Å². The van der Waals surface area contributed by atoms with E-state index in [0.29, 0.717) is 12.8 Å². The van der Waals surface area contributed by atoms with Crippen molar-refractivity contribution in [2.24, 2.45) is 23.3 Å². The molecule has 0 radical (unpaired) electrons. The predicted molar refractivity (Wildman–Crippen MR) is 241 cm³/mol. The van der Waals surface area contributed by atoms with Crippen molar-refractivity contribution in [2.75, 3.05) is 26.2 Å². The molecule has 0 heterocycles. The first-order valence-electron chi connectivity index (χ1n) is 22.2. The lowest BCUT2D eigenvalue weighted by molar-refractivity contribution is -0.142. The summed E-state index contributed by atoms with van der Waals surface area (Å²) < 4.78 is 0. The van der Waals surface area contributed by atoms with E-state index in [1.54, 1.807) is 13.8 Å². The van der Waals surface area contributed by atoms with Crippen LogP contribution >= 0.6 is 0 Å². The molecule has 0 unspecified atom stereocenters. The molecule has 0 aromatic carbocycles. The maximum atomic E-state index is 13.7. The van der Waals surface area contributed by atoms with E-state index < -0.39 is 164 Å². The number of rotatable bonds is 34. The number of nitrogens with two attached hydrogens (primary N) is 2. The number of amides is 9. The van der Waals surface area contributed by atoms with E-state index in [-0.39, 0.29) is 37.6 Å². The quantitative estimate of drug-likeness (QED) is 0.0267. The third kappa shape index (κ3) is 26.0. The molecule has 69 heavy (non-hydrogen) atoms. The van der Waals surface area contributed by atoms with Gasteiger partial charge < -0.3 is 84.9 Å². The smallest absolute Gasteiger partial charge is 0.322 e. The number of carboxylic acid groups (broad SMARTS) is 3. The average Bonchev–Trinajstić information content (AvgIpc) is 3.24. The van der Waals surface area contributed by atoms with Crippen LogP contribution in [0.5, 0.6) is 0 Å². The second kappa shape index (κ2) is 32.3. The summed E-state index contributed by atoms with van der Waals surface area (Å²) in [6, 6.07) is -12.1. The summed E-state index contributed by atoms with van der Waals surface area (Å²) in [7, 11) is 0. The van der Waals surface area contributed by atoms with E-state index in [0.717, 1.165) is 6.92 Å². The van der Waals surface area contributed by atoms with Gasteiger partial charge in [0.15, 0.2) is 0 Å². The van der Waals surface area contributed by atoms with Crippen molar-refractivity contribution in [3.05, 3.63) is 0 Å². The molecular formula is C41H71N11O17. The van der Waals surface area contributed by atoms with Gasteiger partial charge in [0, 0.05) is 6.42 Å². The SMILES string of the molecule is CC(C)C[C@H](NC(=O)[C@H](CO)NC(=O)[C@H](CCCCN)NC(=O)CNC(=O)[C@@H](NC(=O)[C@@H](N)CC(C)C)[C@@H](C)O)C(=O)N[C@@H](CCC(=O)O)C(=O)N[C@@H](C)C(=O)N[C@@H](CC(=O)O)C(=O)NCC(=O)O. The first-order chi connectivity index (χ1) is 32.1. The molecule has 0 aliphatic heterocycles. The molecule has 18 N–H and O–H groups in total. The van der Waals surface area contributed by atoms with Crippen LogP contribution in [0.1, 0.15) is 92.9 Å². The Labute approximate surface area is 398 Å². The number of carbonyl (C=O) groups is 12. The van der Waals surface area contributed by atoms with Crippen LogP contribution < -0.4 is 59.3 Å². The molecule has 0 spiro atoms. The zero-order valence-electron chi connectivity index (χ0n) is 39.6. The summed E-state index contributed by atoms with van der Waals surface area (Å²) in [5.41, 5.74) is 11.5. The third-order valence-electron chi connectivity index (χ3n) is 9.76. The van der Waals surface area contributed by atoms with Gasteiger partial charge in [-0.15, -0.1) is 0 Å². The van der Waals surface area contributed by atoms with Crippen molar-refractivity contribution in [1.82, 2.24) is 47.9 Å². The molecule has 392 valence electrons. The lowest BCUT2D eigenvalue weighted by Gasteiger charge is -2.27. The highest BCUT2D eigenvalue weighted by Crippen LogP contribution is 2.09. The van der Waals surface area contributed by atoms with Crippen LogP contribution in [0.4, 0.5) is 0 Å². The molecule has 0 saturated heterocycles. The van der Waals surface area contributed by atoms with Crippen molar-refractivity contribution >= 4 is 71.1 Å². The summed E-state index contributed by atoms with van der Waals surface area (Å²) >= 11 is 0. The van der Waals surface area contributed by atoms with E-state index in [4.69, 9.17) is 16.6 Å². The second-order valence-electron chi connectivity index (χ2n) is 17.0. The Bertz CT molecular complexity index is 1800. The number of carboxylic acids is 3. The molecule has 0 aliphatic carbocycles. The number of hydrogen-bond donors (Lipinski definition) is 16. The summed E-state index contributed by atoms with van der Waals surface area (Å²) in [5.74, 6) is -13.7. The predicted octanol–water partition coefficient (Wildman–Crippen LogP) is -6.02. The highest BCUT2D eigenvalue weighted by Gasteiger charge is 2.34. The lowest BCUT2D eigenvalue weighted by Crippen LogP contribution is -2.60. The Balaban J connectivity index is 6.10. The molecule has 28 heteroatoms. The Morgan fingerprint density at radius 2 is 1.00 bits per heavy atom. The first kappa shape index (κ1) is 62.5. The summed E-state index contributed by atoms with van der Waals surface area (Å²) in [4.78, 5) is 151. The highest BCUT2D eigenvalue weighted by molar-refractivity contribution is 5.98. The molecule has 0 bridgehead atoms. The number of unbranched alkanes of at least 4 members (excludes halogenated alkanes) is 1. The minimum Gasteiger partial charge on any atom is -0.481 e. The minimum atomic E-state index is -1.78. The van der Waals surface area contributed by atoms with Gasteiger partial charge in [-0.2, -0.15) is 0 Å². The fourth-order valence-corrected chi connectivity index (χ4v) is 6.16. The fourth-order valence-electron chi connectivity index (χ4n) is 6.16. The maximum Gasteiger partial charge on any atom is 0.322 e. The number of hydrogen-bond acceptors (Lipinski definition) is 16. The molecular weight excluding hydrogens is 919 g/mol. The van der Waals surface area contributed by atoms with Crippen LogP contribution in [0.25, 0.3) is 0 Å². The lowest BCUT2D eigenvalue weighted by atomic mass is 10.0. The number of aliphatic carboxylic acids is 3. The Kier molecular flexibility index (Phi) is 29.2. The highest BCUT2D eigenvalue weighted by atomic mass is 16.4. The van der Waals surface area contributed by atoms with E-state index >= 15 is 0 Å². The van der Waals surface area contributed by atoms with E-state index in [1.807, 2.05) is 19.2 Å². The van der Waals surface area contributed by atoms with Gasteiger partial charge in [-0.05, 0) is 70.8 Å².